The highest BCUT2D eigenvalue weighted by molar-refractivity contribution is 4.77. The van der Waals surface area contributed by atoms with E-state index in [1.54, 1.807) is 0 Å². The van der Waals surface area contributed by atoms with Crippen molar-refractivity contribution in [3.63, 3.8) is 0 Å². The van der Waals surface area contributed by atoms with Gasteiger partial charge in [-0.25, -0.2) is 0 Å². The van der Waals surface area contributed by atoms with Crippen LogP contribution in [0.4, 0.5) is 0 Å². The Kier molecular flexibility index (Phi) is 3.83. The molecule has 0 radical (unpaired) electrons. The smallest absolute Gasteiger partial charge is 0.0586 e. The number of rotatable bonds is 4. The third-order valence-corrected chi connectivity index (χ3v) is 2.31. The molecule has 1 aliphatic heterocycles. The van der Waals surface area contributed by atoms with Gasteiger partial charge in [0.05, 0.1) is 6.61 Å². The van der Waals surface area contributed by atoms with Gasteiger partial charge in [-0.3, -0.25) is 4.90 Å². The summed E-state index contributed by atoms with van der Waals surface area (Å²) in [5.74, 6) is 0. The second kappa shape index (κ2) is 4.70. The van der Waals surface area contributed by atoms with E-state index in [2.05, 4.69) is 4.90 Å². The van der Waals surface area contributed by atoms with E-state index in [1.165, 1.54) is 6.42 Å². The Morgan fingerprint density at radius 1 is 1.36 bits per heavy atom. The highest BCUT2D eigenvalue weighted by atomic mass is 16.3. The number of likely N-dealkylation sites (tertiary alicyclic amines) is 1. The Balaban J connectivity index is 2.20. The van der Waals surface area contributed by atoms with Crippen molar-refractivity contribution in [3.8, 4) is 0 Å². The van der Waals surface area contributed by atoms with Crippen LogP contribution in [0.2, 0.25) is 0 Å². The Morgan fingerprint density at radius 2 is 2.18 bits per heavy atom. The van der Waals surface area contributed by atoms with Gasteiger partial charge in [-0.1, -0.05) is 0 Å². The van der Waals surface area contributed by atoms with E-state index in [0.29, 0.717) is 6.04 Å². The zero-order valence-corrected chi connectivity index (χ0v) is 6.87. The fourth-order valence-corrected chi connectivity index (χ4v) is 1.67. The standard InChI is InChI=1S/C8H17NO2/c10-6-2-5-9-4-1-3-8(9)7-11/h8,10-11H,1-7H2/t8-/m0/s1. The molecule has 3 nitrogen and oxygen atoms in total. The molecule has 66 valence electrons. The minimum absolute atomic E-state index is 0.259. The summed E-state index contributed by atoms with van der Waals surface area (Å²) in [6, 6.07) is 0.363. The highest BCUT2D eigenvalue weighted by Gasteiger charge is 2.22. The molecule has 0 aromatic heterocycles. The van der Waals surface area contributed by atoms with E-state index in [0.717, 1.165) is 25.9 Å². The van der Waals surface area contributed by atoms with Crippen molar-refractivity contribution < 1.29 is 10.2 Å². The molecule has 0 bridgehead atoms. The van der Waals surface area contributed by atoms with Crippen LogP contribution in [0, 0.1) is 0 Å². The summed E-state index contributed by atoms with van der Waals surface area (Å²) in [6.07, 6.45) is 3.13. The van der Waals surface area contributed by atoms with Crippen LogP contribution in [-0.2, 0) is 0 Å². The van der Waals surface area contributed by atoms with Gasteiger partial charge in [0.1, 0.15) is 0 Å². The molecule has 1 saturated heterocycles. The molecule has 1 atom stereocenters. The summed E-state index contributed by atoms with van der Waals surface area (Å²) < 4.78 is 0. The van der Waals surface area contributed by atoms with Crippen LogP contribution in [0.25, 0.3) is 0 Å². The van der Waals surface area contributed by atoms with E-state index >= 15 is 0 Å². The van der Waals surface area contributed by atoms with Crippen molar-refractivity contribution in [2.45, 2.75) is 25.3 Å². The molecule has 0 aromatic rings. The van der Waals surface area contributed by atoms with Crippen LogP contribution in [-0.4, -0.2) is 47.5 Å². The first-order valence-electron chi connectivity index (χ1n) is 4.34. The zero-order chi connectivity index (χ0) is 8.10. The largest absolute Gasteiger partial charge is 0.396 e. The first-order valence-corrected chi connectivity index (χ1v) is 4.34. The summed E-state index contributed by atoms with van der Waals surface area (Å²) in [6.45, 7) is 2.55. The quantitative estimate of drug-likeness (QED) is 0.598. The summed E-state index contributed by atoms with van der Waals surface area (Å²) in [5.41, 5.74) is 0. The lowest BCUT2D eigenvalue weighted by molar-refractivity contribution is 0.148. The molecule has 11 heavy (non-hydrogen) atoms. The first kappa shape index (κ1) is 8.97. The van der Waals surface area contributed by atoms with Gasteiger partial charge in [-0.15, -0.1) is 0 Å². The fourth-order valence-electron chi connectivity index (χ4n) is 1.67. The second-order valence-corrected chi connectivity index (χ2v) is 3.09. The van der Waals surface area contributed by atoms with Crippen LogP contribution in [0.1, 0.15) is 19.3 Å². The van der Waals surface area contributed by atoms with Crippen molar-refractivity contribution >= 4 is 0 Å². The summed E-state index contributed by atoms with van der Waals surface area (Å²) in [7, 11) is 0. The average molecular weight is 159 g/mol. The molecule has 1 fully saturated rings. The second-order valence-electron chi connectivity index (χ2n) is 3.09. The predicted molar refractivity (Wildman–Crippen MR) is 43.4 cm³/mol. The Labute approximate surface area is 67.6 Å². The van der Waals surface area contributed by atoms with E-state index in [4.69, 9.17) is 10.2 Å². The van der Waals surface area contributed by atoms with Crippen molar-refractivity contribution in [2.24, 2.45) is 0 Å². The van der Waals surface area contributed by atoms with Crippen LogP contribution in [0.5, 0.6) is 0 Å². The maximum atomic E-state index is 8.93. The van der Waals surface area contributed by atoms with E-state index in [9.17, 15) is 0 Å². The molecule has 0 aliphatic carbocycles. The molecule has 1 heterocycles. The van der Waals surface area contributed by atoms with Gasteiger partial charge in [0.15, 0.2) is 0 Å². The van der Waals surface area contributed by atoms with E-state index in [-0.39, 0.29) is 13.2 Å². The van der Waals surface area contributed by atoms with Crippen molar-refractivity contribution in [1.29, 1.82) is 0 Å². The average Bonchev–Trinajstić information content (AvgIpc) is 2.47. The molecule has 0 aromatic carbocycles. The van der Waals surface area contributed by atoms with Crippen LogP contribution in [0.3, 0.4) is 0 Å². The van der Waals surface area contributed by atoms with E-state index < -0.39 is 0 Å². The first-order chi connectivity index (χ1) is 5.38. The SMILES string of the molecule is OCCCN1CCC[C@H]1CO. The molecule has 1 rings (SSSR count). The molecule has 0 spiro atoms. The lowest BCUT2D eigenvalue weighted by atomic mass is 10.2. The van der Waals surface area contributed by atoms with Crippen molar-refractivity contribution in [3.05, 3.63) is 0 Å². The van der Waals surface area contributed by atoms with Gasteiger partial charge in [-0.05, 0) is 25.8 Å². The number of aliphatic hydroxyl groups excluding tert-OH is 2. The van der Waals surface area contributed by atoms with Crippen molar-refractivity contribution in [1.82, 2.24) is 4.90 Å². The maximum Gasteiger partial charge on any atom is 0.0586 e. The molecular weight excluding hydrogens is 142 g/mol. The normalized spacial score (nSPS) is 26.2. The van der Waals surface area contributed by atoms with Gasteiger partial charge in [0, 0.05) is 19.2 Å². The van der Waals surface area contributed by atoms with Gasteiger partial charge in [0.2, 0.25) is 0 Å². The minimum Gasteiger partial charge on any atom is -0.396 e. The van der Waals surface area contributed by atoms with Crippen LogP contribution >= 0.6 is 0 Å². The highest BCUT2D eigenvalue weighted by Crippen LogP contribution is 2.16. The van der Waals surface area contributed by atoms with Crippen molar-refractivity contribution in [2.75, 3.05) is 26.3 Å². The molecular formula is C8H17NO2. The molecule has 0 unspecified atom stereocenters. The lowest BCUT2D eigenvalue weighted by Crippen LogP contribution is -2.33. The minimum atomic E-state index is 0.259. The van der Waals surface area contributed by atoms with Gasteiger partial charge in [0.25, 0.3) is 0 Å². The summed E-state index contributed by atoms with van der Waals surface area (Å²) in [5, 5.41) is 17.5. The number of hydrogen-bond donors (Lipinski definition) is 2. The summed E-state index contributed by atoms with van der Waals surface area (Å²) in [4.78, 5) is 2.26. The number of nitrogens with zero attached hydrogens (tertiary/aromatic N) is 1. The predicted octanol–water partition coefficient (Wildman–Crippen LogP) is -0.175. The molecule has 0 saturated carbocycles. The van der Waals surface area contributed by atoms with Crippen LogP contribution in [0.15, 0.2) is 0 Å². The Bertz CT molecular complexity index is 108. The zero-order valence-electron chi connectivity index (χ0n) is 6.87. The van der Waals surface area contributed by atoms with E-state index in [1.807, 2.05) is 0 Å². The molecule has 0 amide bonds. The monoisotopic (exact) mass is 159 g/mol. The van der Waals surface area contributed by atoms with Gasteiger partial charge in [-0.2, -0.15) is 0 Å². The third-order valence-electron chi connectivity index (χ3n) is 2.31. The Hall–Kier alpha value is -0.120. The maximum absolute atomic E-state index is 8.93. The molecule has 1 aliphatic rings. The fraction of sp³-hybridized carbons (Fsp3) is 1.00. The third kappa shape index (κ3) is 2.43. The van der Waals surface area contributed by atoms with Crippen LogP contribution < -0.4 is 0 Å². The lowest BCUT2D eigenvalue weighted by Gasteiger charge is -2.21. The Morgan fingerprint density at radius 3 is 2.82 bits per heavy atom. The number of hydrogen-bond acceptors (Lipinski definition) is 3. The molecule has 3 heteroatoms. The molecule has 2 N–H and O–H groups in total. The van der Waals surface area contributed by atoms with Gasteiger partial charge >= 0.3 is 0 Å². The topological polar surface area (TPSA) is 43.7 Å². The van der Waals surface area contributed by atoms with Gasteiger partial charge < -0.3 is 10.2 Å². The number of aliphatic hydroxyl groups is 2. The summed E-state index contributed by atoms with van der Waals surface area (Å²) >= 11 is 0.